The van der Waals surface area contributed by atoms with Crippen molar-refractivity contribution in [1.29, 1.82) is 0 Å². The molecule has 2 heteroatoms. The van der Waals surface area contributed by atoms with E-state index in [1.54, 1.807) is 0 Å². The Labute approximate surface area is 75.9 Å². The fraction of sp³-hybridized carbons (Fsp3) is 0.800. The Balaban J connectivity index is 4.05. The SMILES string of the molecule is C#CC(C)NC(C)(CN)CCC. The third-order valence-electron chi connectivity index (χ3n) is 2.07. The van der Waals surface area contributed by atoms with Gasteiger partial charge >= 0.3 is 0 Å². The summed E-state index contributed by atoms with van der Waals surface area (Å²) < 4.78 is 0. The number of nitrogens with two attached hydrogens (primary N) is 1. The van der Waals surface area contributed by atoms with Crippen molar-refractivity contribution in [3.8, 4) is 12.3 Å². The highest BCUT2D eigenvalue weighted by Crippen LogP contribution is 2.10. The molecule has 0 saturated heterocycles. The Morgan fingerprint density at radius 2 is 2.25 bits per heavy atom. The summed E-state index contributed by atoms with van der Waals surface area (Å²) in [5.41, 5.74) is 5.67. The van der Waals surface area contributed by atoms with E-state index in [9.17, 15) is 0 Å². The molecule has 0 aromatic rings. The number of nitrogens with one attached hydrogen (secondary N) is 1. The van der Waals surface area contributed by atoms with Gasteiger partial charge in [-0.3, -0.25) is 5.32 Å². The molecule has 0 aromatic carbocycles. The van der Waals surface area contributed by atoms with Gasteiger partial charge in [-0.15, -0.1) is 6.42 Å². The van der Waals surface area contributed by atoms with Crippen LogP contribution in [-0.4, -0.2) is 18.1 Å². The van der Waals surface area contributed by atoms with E-state index in [2.05, 4.69) is 25.1 Å². The Morgan fingerprint density at radius 1 is 1.67 bits per heavy atom. The minimum absolute atomic E-state index is 0.000532. The normalized spacial score (nSPS) is 17.9. The quantitative estimate of drug-likeness (QED) is 0.604. The molecular weight excluding hydrogens is 148 g/mol. The van der Waals surface area contributed by atoms with E-state index in [1.165, 1.54) is 0 Å². The van der Waals surface area contributed by atoms with Crippen molar-refractivity contribution in [3.63, 3.8) is 0 Å². The smallest absolute Gasteiger partial charge is 0.0662 e. The molecule has 0 spiro atoms. The van der Waals surface area contributed by atoms with Gasteiger partial charge in [-0.05, 0) is 20.3 Å². The second kappa shape index (κ2) is 5.18. The summed E-state index contributed by atoms with van der Waals surface area (Å²) in [7, 11) is 0. The van der Waals surface area contributed by atoms with Gasteiger partial charge in [-0.2, -0.15) is 0 Å². The zero-order valence-corrected chi connectivity index (χ0v) is 8.35. The molecule has 0 rings (SSSR count). The number of terminal acetylenes is 1. The molecule has 0 aromatic heterocycles. The van der Waals surface area contributed by atoms with Gasteiger partial charge in [0.05, 0.1) is 6.04 Å². The molecular formula is C10H20N2. The van der Waals surface area contributed by atoms with Crippen LogP contribution in [0.25, 0.3) is 0 Å². The maximum atomic E-state index is 5.66. The molecule has 2 unspecified atom stereocenters. The van der Waals surface area contributed by atoms with Crippen LogP contribution >= 0.6 is 0 Å². The number of hydrogen-bond acceptors (Lipinski definition) is 2. The minimum atomic E-state index is 0.000532. The second-order valence-electron chi connectivity index (χ2n) is 3.55. The molecule has 3 N–H and O–H groups in total. The number of rotatable bonds is 5. The van der Waals surface area contributed by atoms with Crippen LogP contribution in [-0.2, 0) is 0 Å². The summed E-state index contributed by atoms with van der Waals surface area (Å²) in [4.78, 5) is 0. The zero-order chi connectivity index (χ0) is 9.61. The Hall–Kier alpha value is -0.520. The van der Waals surface area contributed by atoms with Crippen LogP contribution < -0.4 is 11.1 Å². The summed E-state index contributed by atoms with van der Waals surface area (Å²) in [6.45, 7) is 6.87. The van der Waals surface area contributed by atoms with Crippen LogP contribution in [0.15, 0.2) is 0 Å². The van der Waals surface area contributed by atoms with Gasteiger partial charge in [0.15, 0.2) is 0 Å². The van der Waals surface area contributed by atoms with E-state index in [1.807, 2.05) is 6.92 Å². The molecule has 0 heterocycles. The maximum absolute atomic E-state index is 5.66. The van der Waals surface area contributed by atoms with Gasteiger partial charge in [-0.25, -0.2) is 0 Å². The average molecular weight is 168 g/mol. The van der Waals surface area contributed by atoms with Crippen LogP contribution in [0.2, 0.25) is 0 Å². The van der Waals surface area contributed by atoms with Crippen LogP contribution in [0.4, 0.5) is 0 Å². The molecule has 0 saturated carbocycles. The molecule has 2 atom stereocenters. The van der Waals surface area contributed by atoms with Gasteiger partial charge < -0.3 is 5.73 Å². The minimum Gasteiger partial charge on any atom is -0.329 e. The second-order valence-corrected chi connectivity index (χ2v) is 3.55. The van der Waals surface area contributed by atoms with Crippen molar-refractivity contribution < 1.29 is 0 Å². The molecule has 2 nitrogen and oxygen atoms in total. The van der Waals surface area contributed by atoms with Gasteiger partial charge in [-0.1, -0.05) is 19.3 Å². The van der Waals surface area contributed by atoms with Crippen molar-refractivity contribution in [2.75, 3.05) is 6.54 Å². The Morgan fingerprint density at radius 3 is 2.58 bits per heavy atom. The van der Waals surface area contributed by atoms with Crippen LogP contribution in [0, 0.1) is 12.3 Å². The lowest BCUT2D eigenvalue weighted by Crippen LogP contribution is -2.51. The van der Waals surface area contributed by atoms with Gasteiger partial charge in [0.25, 0.3) is 0 Å². The van der Waals surface area contributed by atoms with Crippen molar-refractivity contribution in [3.05, 3.63) is 0 Å². The topological polar surface area (TPSA) is 38.0 Å². The predicted octanol–water partition coefficient (Wildman–Crippen LogP) is 1.12. The van der Waals surface area contributed by atoms with Crippen LogP contribution in [0.3, 0.4) is 0 Å². The monoisotopic (exact) mass is 168 g/mol. The molecule has 0 fully saturated rings. The van der Waals surface area contributed by atoms with E-state index in [0.29, 0.717) is 6.54 Å². The average Bonchev–Trinajstić information content (AvgIpc) is 2.05. The molecule has 70 valence electrons. The molecule has 0 aliphatic heterocycles. The van der Waals surface area contributed by atoms with E-state index >= 15 is 0 Å². The molecule has 0 aliphatic rings. The molecule has 0 bridgehead atoms. The third kappa shape index (κ3) is 3.75. The van der Waals surface area contributed by atoms with E-state index in [-0.39, 0.29) is 11.6 Å². The first-order valence-electron chi connectivity index (χ1n) is 4.52. The Kier molecular flexibility index (Phi) is 4.96. The van der Waals surface area contributed by atoms with Crippen molar-refractivity contribution >= 4 is 0 Å². The molecule has 12 heavy (non-hydrogen) atoms. The summed E-state index contributed by atoms with van der Waals surface area (Å²) >= 11 is 0. The van der Waals surface area contributed by atoms with E-state index in [0.717, 1.165) is 12.8 Å². The van der Waals surface area contributed by atoms with Gasteiger partial charge in [0, 0.05) is 12.1 Å². The highest BCUT2D eigenvalue weighted by molar-refractivity contribution is 5.00. The highest BCUT2D eigenvalue weighted by atomic mass is 15.0. The predicted molar refractivity (Wildman–Crippen MR) is 53.8 cm³/mol. The summed E-state index contributed by atoms with van der Waals surface area (Å²) in [6, 6.07) is 0.102. The fourth-order valence-electron chi connectivity index (χ4n) is 1.35. The van der Waals surface area contributed by atoms with Crippen LogP contribution in [0.5, 0.6) is 0 Å². The van der Waals surface area contributed by atoms with Crippen molar-refractivity contribution in [2.45, 2.75) is 45.2 Å². The molecule has 0 amide bonds. The lowest BCUT2D eigenvalue weighted by atomic mass is 9.95. The zero-order valence-electron chi connectivity index (χ0n) is 8.35. The lowest BCUT2D eigenvalue weighted by Gasteiger charge is -2.30. The lowest BCUT2D eigenvalue weighted by molar-refractivity contribution is 0.325. The van der Waals surface area contributed by atoms with Gasteiger partial charge in [0.2, 0.25) is 0 Å². The first-order valence-corrected chi connectivity index (χ1v) is 4.52. The third-order valence-corrected chi connectivity index (χ3v) is 2.07. The fourth-order valence-corrected chi connectivity index (χ4v) is 1.35. The van der Waals surface area contributed by atoms with Gasteiger partial charge in [0.1, 0.15) is 0 Å². The summed E-state index contributed by atoms with van der Waals surface area (Å²) in [6.07, 6.45) is 7.46. The maximum Gasteiger partial charge on any atom is 0.0662 e. The van der Waals surface area contributed by atoms with Crippen LogP contribution in [0.1, 0.15) is 33.6 Å². The van der Waals surface area contributed by atoms with Crippen molar-refractivity contribution in [1.82, 2.24) is 5.32 Å². The molecule has 0 aliphatic carbocycles. The molecule has 0 radical (unpaired) electrons. The summed E-state index contributed by atoms with van der Waals surface area (Å²) in [5.74, 6) is 2.65. The first-order chi connectivity index (χ1) is 5.58. The van der Waals surface area contributed by atoms with E-state index in [4.69, 9.17) is 12.2 Å². The van der Waals surface area contributed by atoms with Crippen molar-refractivity contribution in [2.24, 2.45) is 5.73 Å². The number of hydrogen-bond donors (Lipinski definition) is 2. The van der Waals surface area contributed by atoms with E-state index < -0.39 is 0 Å². The largest absolute Gasteiger partial charge is 0.329 e. The standard InChI is InChI=1S/C10H20N2/c1-5-7-10(4,8-11)12-9(3)6-2/h2,9,12H,5,7-8,11H2,1,3-4H3. The summed E-state index contributed by atoms with van der Waals surface area (Å²) in [5, 5.41) is 3.33. The Bertz CT molecular complexity index is 160. The highest BCUT2D eigenvalue weighted by Gasteiger charge is 2.21. The first kappa shape index (κ1) is 11.5.